The maximum Gasteiger partial charge on any atom is 0.247 e. The fraction of sp³-hybridized carbons (Fsp3) is 0.160. The van der Waals surface area contributed by atoms with Gasteiger partial charge in [-0.25, -0.2) is 4.98 Å². The molecule has 0 bridgehead atoms. The normalized spacial score (nSPS) is 10.9. The number of nitrogens with one attached hydrogen (secondary N) is 2. The fourth-order valence-corrected chi connectivity index (χ4v) is 4.11. The van der Waals surface area contributed by atoms with Crippen LogP contribution in [0, 0.1) is 6.92 Å². The summed E-state index contributed by atoms with van der Waals surface area (Å²) >= 11 is 1.51. The van der Waals surface area contributed by atoms with Crippen molar-refractivity contribution in [3.63, 3.8) is 0 Å². The van der Waals surface area contributed by atoms with Gasteiger partial charge in [0.05, 0.1) is 5.52 Å². The van der Waals surface area contributed by atoms with E-state index in [1.54, 1.807) is 18.2 Å². The molecule has 0 atom stereocenters. The Morgan fingerprint density at radius 2 is 2.03 bits per heavy atom. The average Bonchev–Trinajstić information content (AvgIpc) is 3.24. The molecule has 0 unspecified atom stereocenters. The van der Waals surface area contributed by atoms with Gasteiger partial charge >= 0.3 is 0 Å². The van der Waals surface area contributed by atoms with E-state index in [-0.39, 0.29) is 5.91 Å². The summed E-state index contributed by atoms with van der Waals surface area (Å²) in [7, 11) is 4.10. The van der Waals surface area contributed by atoms with Gasteiger partial charge in [0.1, 0.15) is 10.4 Å². The smallest absolute Gasteiger partial charge is 0.247 e. The summed E-state index contributed by atoms with van der Waals surface area (Å²) in [4.78, 5) is 23.0. The van der Waals surface area contributed by atoms with Crippen LogP contribution in [0.4, 0.5) is 17.3 Å². The van der Waals surface area contributed by atoms with Crippen molar-refractivity contribution in [3.05, 3.63) is 77.7 Å². The van der Waals surface area contributed by atoms with Crippen molar-refractivity contribution in [3.8, 4) is 11.6 Å². The van der Waals surface area contributed by atoms with Gasteiger partial charge in [0.2, 0.25) is 17.7 Å². The van der Waals surface area contributed by atoms with E-state index in [1.807, 2.05) is 23.6 Å². The number of anilines is 3. The molecule has 168 valence electrons. The highest BCUT2D eigenvalue weighted by Crippen LogP contribution is 2.34. The van der Waals surface area contributed by atoms with Gasteiger partial charge in [0.25, 0.3) is 0 Å². The molecule has 0 radical (unpaired) electrons. The molecular formula is C25H25N5O2S. The Balaban J connectivity index is 1.61. The minimum atomic E-state index is -0.284. The highest BCUT2D eigenvalue weighted by atomic mass is 32.1. The number of aryl methyl sites for hydroxylation is 1. The zero-order valence-electron chi connectivity index (χ0n) is 18.8. The molecule has 2 aromatic carbocycles. The van der Waals surface area contributed by atoms with E-state index in [4.69, 9.17) is 4.74 Å². The van der Waals surface area contributed by atoms with Gasteiger partial charge in [-0.1, -0.05) is 24.8 Å². The van der Waals surface area contributed by atoms with Gasteiger partial charge in [0, 0.05) is 24.0 Å². The third-order valence-electron chi connectivity index (χ3n) is 4.81. The Morgan fingerprint density at radius 1 is 1.18 bits per heavy atom. The predicted octanol–water partition coefficient (Wildman–Crippen LogP) is 5.72. The summed E-state index contributed by atoms with van der Waals surface area (Å²) in [5.74, 6) is 1.18. The Bertz CT molecular complexity index is 1320. The topological polar surface area (TPSA) is 79.4 Å². The largest absolute Gasteiger partial charge is 0.437 e. The Kier molecular flexibility index (Phi) is 6.67. The summed E-state index contributed by atoms with van der Waals surface area (Å²) < 4.78 is 6.96. The third kappa shape index (κ3) is 5.54. The minimum absolute atomic E-state index is 0.284. The van der Waals surface area contributed by atoms with Crippen molar-refractivity contribution < 1.29 is 9.53 Å². The van der Waals surface area contributed by atoms with E-state index < -0.39 is 0 Å². The van der Waals surface area contributed by atoms with E-state index >= 15 is 0 Å². The molecule has 0 aliphatic carbocycles. The van der Waals surface area contributed by atoms with Gasteiger partial charge in [-0.2, -0.15) is 4.98 Å². The predicted molar refractivity (Wildman–Crippen MR) is 135 cm³/mol. The standard InChI is InChI=1S/C25H25N5O2S/c1-5-22(31)26-18-7-6-8-19(14-18)32-24-23-21(11-12-33-23)28-25(29-24)27-20-10-9-17(13-16(20)2)15-30(3)4/h5-14H,1,15H2,2-4H3,(H,26,31)(H,27,28,29). The van der Waals surface area contributed by atoms with Crippen molar-refractivity contribution in [1.82, 2.24) is 14.9 Å². The van der Waals surface area contributed by atoms with Gasteiger partial charge < -0.3 is 20.3 Å². The highest BCUT2D eigenvalue weighted by Gasteiger charge is 2.13. The van der Waals surface area contributed by atoms with E-state index in [0.717, 1.165) is 28.0 Å². The molecule has 2 N–H and O–H groups in total. The van der Waals surface area contributed by atoms with Gasteiger partial charge in [-0.05, 0) is 67.9 Å². The number of carbonyl (C=O) groups is 1. The first kappa shape index (κ1) is 22.4. The third-order valence-corrected chi connectivity index (χ3v) is 5.70. The average molecular weight is 460 g/mol. The maximum absolute atomic E-state index is 11.6. The number of amides is 1. The zero-order valence-corrected chi connectivity index (χ0v) is 19.6. The van der Waals surface area contributed by atoms with Gasteiger partial charge in [-0.3, -0.25) is 4.79 Å². The number of nitrogens with zero attached hydrogens (tertiary/aromatic N) is 3. The second-order valence-electron chi connectivity index (χ2n) is 7.82. The summed E-state index contributed by atoms with van der Waals surface area (Å²) in [5, 5.41) is 8.02. The van der Waals surface area contributed by atoms with Crippen molar-refractivity contribution in [1.29, 1.82) is 0 Å². The maximum atomic E-state index is 11.6. The molecule has 2 heterocycles. The van der Waals surface area contributed by atoms with Crippen LogP contribution >= 0.6 is 11.3 Å². The van der Waals surface area contributed by atoms with Crippen LogP contribution in [0.5, 0.6) is 11.6 Å². The van der Waals surface area contributed by atoms with Crippen LogP contribution in [0.15, 0.2) is 66.6 Å². The molecular weight excluding hydrogens is 434 g/mol. The molecule has 0 saturated carbocycles. The Labute approximate surface area is 196 Å². The molecule has 7 nitrogen and oxygen atoms in total. The molecule has 0 fully saturated rings. The molecule has 4 rings (SSSR count). The molecule has 0 spiro atoms. The van der Waals surface area contributed by atoms with Crippen LogP contribution in [0.2, 0.25) is 0 Å². The quantitative estimate of drug-likeness (QED) is 0.328. The summed E-state index contributed by atoms with van der Waals surface area (Å²) in [6.07, 6.45) is 1.22. The molecule has 0 aliphatic rings. The van der Waals surface area contributed by atoms with Crippen LogP contribution in [0.3, 0.4) is 0 Å². The Hall–Kier alpha value is -3.75. The van der Waals surface area contributed by atoms with Crippen LogP contribution < -0.4 is 15.4 Å². The lowest BCUT2D eigenvalue weighted by molar-refractivity contribution is -0.111. The van der Waals surface area contributed by atoms with E-state index in [9.17, 15) is 4.79 Å². The van der Waals surface area contributed by atoms with E-state index in [0.29, 0.717) is 23.3 Å². The summed E-state index contributed by atoms with van der Waals surface area (Å²) in [6, 6.07) is 15.4. The van der Waals surface area contributed by atoms with Gasteiger partial charge in [-0.15, -0.1) is 11.3 Å². The van der Waals surface area contributed by atoms with Crippen molar-refractivity contribution >= 4 is 44.8 Å². The number of hydrogen-bond acceptors (Lipinski definition) is 7. The highest BCUT2D eigenvalue weighted by molar-refractivity contribution is 7.17. The Morgan fingerprint density at radius 3 is 2.79 bits per heavy atom. The lowest BCUT2D eigenvalue weighted by Crippen LogP contribution is -2.10. The van der Waals surface area contributed by atoms with E-state index in [2.05, 4.69) is 65.2 Å². The molecule has 1 amide bonds. The molecule has 4 aromatic rings. The van der Waals surface area contributed by atoms with Crippen molar-refractivity contribution in [2.24, 2.45) is 0 Å². The van der Waals surface area contributed by atoms with Crippen LogP contribution in [0.1, 0.15) is 11.1 Å². The SMILES string of the molecule is C=CC(=O)Nc1cccc(Oc2nc(Nc3ccc(CN(C)C)cc3C)nc3ccsc23)c1. The molecule has 33 heavy (non-hydrogen) atoms. The number of thiophene rings is 1. The first-order valence-electron chi connectivity index (χ1n) is 10.4. The number of fused-ring (bicyclic) bond motifs is 1. The van der Waals surface area contributed by atoms with Crippen molar-refractivity contribution in [2.75, 3.05) is 24.7 Å². The fourth-order valence-electron chi connectivity index (χ4n) is 3.35. The summed E-state index contributed by atoms with van der Waals surface area (Å²) in [6.45, 7) is 6.41. The van der Waals surface area contributed by atoms with Crippen LogP contribution in [-0.2, 0) is 11.3 Å². The molecule has 0 aliphatic heterocycles. The zero-order chi connectivity index (χ0) is 23.4. The summed E-state index contributed by atoms with van der Waals surface area (Å²) in [5.41, 5.74) is 4.69. The van der Waals surface area contributed by atoms with Gasteiger partial charge in [0.15, 0.2) is 0 Å². The lowest BCUT2D eigenvalue weighted by Gasteiger charge is -2.14. The number of carbonyl (C=O) groups excluding carboxylic acids is 1. The first-order valence-corrected chi connectivity index (χ1v) is 11.3. The number of ether oxygens (including phenoxy) is 1. The number of aromatic nitrogens is 2. The second kappa shape index (κ2) is 9.81. The monoisotopic (exact) mass is 459 g/mol. The van der Waals surface area contributed by atoms with Crippen LogP contribution in [-0.4, -0.2) is 34.9 Å². The first-order chi connectivity index (χ1) is 15.9. The number of benzene rings is 2. The van der Waals surface area contributed by atoms with Crippen LogP contribution in [0.25, 0.3) is 10.2 Å². The second-order valence-corrected chi connectivity index (χ2v) is 8.74. The minimum Gasteiger partial charge on any atom is -0.437 e. The van der Waals surface area contributed by atoms with E-state index in [1.165, 1.54) is 23.0 Å². The molecule has 8 heteroatoms. The number of hydrogen-bond donors (Lipinski definition) is 2. The number of rotatable bonds is 8. The molecule has 0 saturated heterocycles. The molecule has 2 aromatic heterocycles. The van der Waals surface area contributed by atoms with Crippen molar-refractivity contribution in [2.45, 2.75) is 13.5 Å². The lowest BCUT2D eigenvalue weighted by atomic mass is 10.1.